The first-order valence-electron chi connectivity index (χ1n) is 5.75. The molecule has 0 spiro atoms. The predicted molar refractivity (Wildman–Crippen MR) is 86.1 cm³/mol. The second kappa shape index (κ2) is 5.49. The first-order valence-corrected chi connectivity index (χ1v) is 7.74. The van der Waals surface area contributed by atoms with Gasteiger partial charge in [0.05, 0.1) is 6.54 Å². The van der Waals surface area contributed by atoms with E-state index < -0.39 is 0 Å². The molecule has 0 bridgehead atoms. The average Bonchev–Trinajstić information content (AvgIpc) is 2.83. The van der Waals surface area contributed by atoms with Crippen LogP contribution in [0.25, 0.3) is 10.8 Å². The van der Waals surface area contributed by atoms with Gasteiger partial charge in [0, 0.05) is 26.6 Å². The van der Waals surface area contributed by atoms with Gasteiger partial charge >= 0.3 is 0 Å². The first kappa shape index (κ1) is 12.9. The fourth-order valence-electron chi connectivity index (χ4n) is 1.97. The zero-order valence-corrected chi connectivity index (χ0v) is 13.0. The summed E-state index contributed by atoms with van der Waals surface area (Å²) in [5.41, 5.74) is 1.11. The maximum absolute atomic E-state index is 5.83. The molecule has 0 amide bonds. The van der Waals surface area contributed by atoms with Crippen molar-refractivity contribution in [2.45, 2.75) is 6.54 Å². The largest absolute Gasteiger partial charge is 0.380 e. The van der Waals surface area contributed by atoms with Gasteiger partial charge < -0.3 is 5.32 Å². The number of nitrogens with one attached hydrogen (secondary N) is 1. The summed E-state index contributed by atoms with van der Waals surface area (Å²) in [6, 6.07) is 12.4. The standard InChI is InChI=1S/C14H10BrClN2S/c15-12-5-1-4-11-10(12)3-2-6-13(11)17-7-9-8-18-14(16)19-9/h1-6,8,17H,7H2. The predicted octanol–water partition coefficient (Wildman–Crippen LogP) is 5.32. The van der Waals surface area contributed by atoms with Gasteiger partial charge in [-0.05, 0) is 17.5 Å². The van der Waals surface area contributed by atoms with Crippen LogP contribution in [0.1, 0.15) is 4.88 Å². The molecule has 96 valence electrons. The van der Waals surface area contributed by atoms with Crippen LogP contribution in [0.4, 0.5) is 5.69 Å². The molecule has 2 nitrogen and oxygen atoms in total. The number of aromatic nitrogens is 1. The van der Waals surface area contributed by atoms with E-state index in [4.69, 9.17) is 11.6 Å². The molecule has 19 heavy (non-hydrogen) atoms. The van der Waals surface area contributed by atoms with E-state index in [1.807, 2.05) is 6.07 Å². The second-order valence-corrected chi connectivity index (χ2v) is 6.63. The Labute approximate surface area is 128 Å². The zero-order valence-electron chi connectivity index (χ0n) is 9.86. The SMILES string of the molecule is Clc1ncc(CNc2cccc3c(Br)cccc23)s1. The Balaban J connectivity index is 1.91. The van der Waals surface area contributed by atoms with Gasteiger partial charge in [0.1, 0.15) is 0 Å². The summed E-state index contributed by atoms with van der Waals surface area (Å²) in [7, 11) is 0. The Kier molecular flexibility index (Phi) is 3.73. The lowest BCUT2D eigenvalue weighted by Crippen LogP contribution is -1.98. The molecular formula is C14H10BrClN2S. The highest BCUT2D eigenvalue weighted by molar-refractivity contribution is 9.10. The number of nitrogens with zero attached hydrogens (tertiary/aromatic N) is 1. The van der Waals surface area contributed by atoms with Crippen LogP contribution in [0, 0.1) is 0 Å². The van der Waals surface area contributed by atoms with Gasteiger partial charge in [0.25, 0.3) is 0 Å². The third-order valence-corrected chi connectivity index (χ3v) is 4.65. The first-order chi connectivity index (χ1) is 9.24. The van der Waals surface area contributed by atoms with Crippen molar-refractivity contribution in [1.29, 1.82) is 0 Å². The van der Waals surface area contributed by atoms with Crippen molar-refractivity contribution in [2.24, 2.45) is 0 Å². The van der Waals surface area contributed by atoms with Crippen LogP contribution in [0.3, 0.4) is 0 Å². The van der Waals surface area contributed by atoms with Crippen molar-refractivity contribution in [3.63, 3.8) is 0 Å². The lowest BCUT2D eigenvalue weighted by Gasteiger charge is -2.09. The molecule has 1 N–H and O–H groups in total. The van der Waals surface area contributed by atoms with Crippen LogP contribution in [-0.4, -0.2) is 4.98 Å². The summed E-state index contributed by atoms with van der Waals surface area (Å²) in [6.07, 6.45) is 1.81. The molecule has 0 radical (unpaired) electrons. The molecule has 0 aliphatic rings. The second-order valence-electron chi connectivity index (χ2n) is 4.07. The third-order valence-electron chi connectivity index (χ3n) is 2.85. The molecule has 3 rings (SSSR count). The van der Waals surface area contributed by atoms with Crippen molar-refractivity contribution in [3.8, 4) is 0 Å². The summed E-state index contributed by atoms with van der Waals surface area (Å²) in [5.74, 6) is 0. The summed E-state index contributed by atoms with van der Waals surface area (Å²) in [4.78, 5) is 5.16. The van der Waals surface area contributed by atoms with Crippen molar-refractivity contribution >= 4 is 55.3 Å². The Morgan fingerprint density at radius 1 is 1.16 bits per heavy atom. The molecule has 0 saturated heterocycles. The smallest absolute Gasteiger partial charge is 0.183 e. The maximum Gasteiger partial charge on any atom is 0.183 e. The van der Waals surface area contributed by atoms with E-state index in [1.54, 1.807) is 6.20 Å². The molecule has 0 aliphatic carbocycles. The maximum atomic E-state index is 5.83. The number of halogens is 2. The summed E-state index contributed by atoms with van der Waals surface area (Å²) < 4.78 is 1.69. The van der Waals surface area contributed by atoms with Gasteiger partial charge in [-0.25, -0.2) is 4.98 Å². The minimum absolute atomic E-state index is 0.581. The van der Waals surface area contributed by atoms with Crippen LogP contribution in [0.15, 0.2) is 47.1 Å². The highest BCUT2D eigenvalue weighted by Crippen LogP contribution is 2.29. The number of rotatable bonds is 3. The van der Waals surface area contributed by atoms with Crippen molar-refractivity contribution in [1.82, 2.24) is 4.98 Å². The van der Waals surface area contributed by atoms with Crippen LogP contribution < -0.4 is 5.32 Å². The molecule has 5 heteroatoms. The zero-order chi connectivity index (χ0) is 13.2. The van der Waals surface area contributed by atoms with Crippen molar-refractivity contribution in [2.75, 3.05) is 5.32 Å². The monoisotopic (exact) mass is 352 g/mol. The number of hydrogen-bond donors (Lipinski definition) is 1. The molecule has 0 unspecified atom stereocenters. The Bertz CT molecular complexity index is 726. The third kappa shape index (κ3) is 2.76. The molecule has 1 aromatic heterocycles. The molecule has 0 atom stereocenters. The number of fused-ring (bicyclic) bond motifs is 1. The summed E-state index contributed by atoms with van der Waals surface area (Å²) >= 11 is 10.9. The lowest BCUT2D eigenvalue weighted by atomic mass is 10.1. The molecule has 1 heterocycles. The number of thiazole rings is 1. The van der Waals surface area contributed by atoms with E-state index in [2.05, 4.69) is 56.6 Å². The van der Waals surface area contributed by atoms with Crippen LogP contribution in [-0.2, 0) is 6.54 Å². The Morgan fingerprint density at radius 2 is 1.95 bits per heavy atom. The minimum Gasteiger partial charge on any atom is -0.380 e. The highest BCUT2D eigenvalue weighted by Gasteiger charge is 2.04. The average molecular weight is 354 g/mol. The molecular weight excluding hydrogens is 344 g/mol. The van der Waals surface area contributed by atoms with Crippen molar-refractivity contribution < 1.29 is 0 Å². The summed E-state index contributed by atoms with van der Waals surface area (Å²) in [5, 5.41) is 5.84. The van der Waals surface area contributed by atoms with Crippen molar-refractivity contribution in [3.05, 3.63) is 56.4 Å². The van der Waals surface area contributed by atoms with Gasteiger partial charge in [-0.3, -0.25) is 0 Å². The topological polar surface area (TPSA) is 24.9 Å². The molecule has 0 saturated carbocycles. The number of benzene rings is 2. The van der Waals surface area contributed by atoms with Crippen LogP contribution >= 0.6 is 38.9 Å². The quantitative estimate of drug-likeness (QED) is 0.689. The normalized spacial score (nSPS) is 10.8. The number of anilines is 1. The van der Waals surface area contributed by atoms with Gasteiger partial charge in [-0.2, -0.15) is 0 Å². The van der Waals surface area contributed by atoms with E-state index in [1.165, 1.54) is 22.1 Å². The molecule has 0 fully saturated rings. The van der Waals surface area contributed by atoms with Crippen LogP contribution in [0.2, 0.25) is 4.47 Å². The van der Waals surface area contributed by atoms with E-state index >= 15 is 0 Å². The van der Waals surface area contributed by atoms with E-state index in [-0.39, 0.29) is 0 Å². The summed E-state index contributed by atoms with van der Waals surface area (Å²) in [6.45, 7) is 0.732. The van der Waals surface area contributed by atoms with E-state index in [0.29, 0.717) is 4.47 Å². The fraction of sp³-hybridized carbons (Fsp3) is 0.0714. The lowest BCUT2D eigenvalue weighted by molar-refractivity contribution is 1.18. The molecule has 3 aromatic rings. The Morgan fingerprint density at radius 3 is 2.74 bits per heavy atom. The van der Waals surface area contributed by atoms with E-state index in [9.17, 15) is 0 Å². The van der Waals surface area contributed by atoms with Gasteiger partial charge in [0.15, 0.2) is 4.47 Å². The number of hydrogen-bond acceptors (Lipinski definition) is 3. The van der Waals surface area contributed by atoms with E-state index in [0.717, 1.165) is 21.6 Å². The molecule has 0 aliphatic heterocycles. The highest BCUT2D eigenvalue weighted by atomic mass is 79.9. The van der Waals surface area contributed by atoms with Gasteiger partial charge in [0.2, 0.25) is 0 Å². The van der Waals surface area contributed by atoms with Gasteiger partial charge in [-0.1, -0.05) is 51.8 Å². The van der Waals surface area contributed by atoms with Gasteiger partial charge in [-0.15, -0.1) is 11.3 Å². The fourth-order valence-corrected chi connectivity index (χ4v) is 3.39. The molecule has 2 aromatic carbocycles. The minimum atomic E-state index is 0.581. The Hall–Kier alpha value is -1.10. The van der Waals surface area contributed by atoms with Crippen LogP contribution in [0.5, 0.6) is 0 Å².